The first-order valence-electron chi connectivity index (χ1n) is 25.5. The zero-order valence-corrected chi connectivity index (χ0v) is 40.7. The van der Waals surface area contributed by atoms with E-state index in [1.165, 1.54) is 99.4 Å². The summed E-state index contributed by atoms with van der Waals surface area (Å²) >= 11 is 0. The van der Waals surface area contributed by atoms with Crippen molar-refractivity contribution in [3.8, 4) is 77.9 Å². The summed E-state index contributed by atoms with van der Waals surface area (Å²) in [5.74, 6) is 0.403. The molecule has 0 fully saturated rings. The number of para-hydroxylation sites is 1. The highest BCUT2D eigenvalue weighted by atomic mass is 14.8. The molecule has 0 bridgehead atoms. The van der Waals surface area contributed by atoms with Crippen molar-refractivity contribution in [3.63, 3.8) is 0 Å². The Hall–Kier alpha value is -9.17. The van der Waals surface area contributed by atoms with Gasteiger partial charge < -0.3 is 0 Å². The summed E-state index contributed by atoms with van der Waals surface area (Å²) in [7, 11) is 0. The molecular formula is C72H51N. The third-order valence-corrected chi connectivity index (χ3v) is 15.0. The lowest BCUT2D eigenvalue weighted by atomic mass is 9.75. The molecule has 0 spiro atoms. The van der Waals surface area contributed by atoms with Crippen LogP contribution in [0.4, 0.5) is 5.69 Å². The molecular weight excluding hydrogens is 879 g/mol. The minimum absolute atomic E-state index is 0.188. The Kier molecular flexibility index (Phi) is 11.3. The summed E-state index contributed by atoms with van der Waals surface area (Å²) in [4.78, 5) is 5.35. The largest absolute Gasteiger partial charge is 0.252 e. The average molecular weight is 930 g/mol. The highest BCUT2D eigenvalue weighted by Gasteiger charge is 2.32. The molecule has 0 saturated carbocycles. The molecule has 12 aromatic rings. The lowest BCUT2D eigenvalue weighted by Gasteiger charge is -2.31. The summed E-state index contributed by atoms with van der Waals surface area (Å²) in [6, 6.07) is 102. The van der Waals surface area contributed by atoms with Gasteiger partial charge in [0.05, 0.1) is 11.4 Å². The second-order valence-electron chi connectivity index (χ2n) is 19.4. The molecule has 0 amide bonds. The van der Waals surface area contributed by atoms with Crippen LogP contribution < -0.4 is 0 Å². The van der Waals surface area contributed by atoms with E-state index in [1.54, 1.807) is 0 Å². The molecule has 0 aliphatic carbocycles. The number of hydrogen-bond acceptors (Lipinski definition) is 1. The first-order valence-corrected chi connectivity index (χ1v) is 25.5. The predicted molar refractivity (Wildman–Crippen MR) is 310 cm³/mol. The van der Waals surface area contributed by atoms with Gasteiger partial charge in [0, 0.05) is 11.8 Å². The second-order valence-corrected chi connectivity index (χ2v) is 19.4. The van der Waals surface area contributed by atoms with Crippen molar-refractivity contribution in [3.05, 3.63) is 296 Å². The minimum Gasteiger partial charge on any atom is -0.252 e. The summed E-state index contributed by atoms with van der Waals surface area (Å²) in [5, 5.41) is 4.85. The Bertz CT molecular complexity index is 3870. The molecule has 344 valence electrons. The van der Waals surface area contributed by atoms with Gasteiger partial charge in [0.2, 0.25) is 0 Å². The number of hydrogen-bond donors (Lipinski definition) is 0. The van der Waals surface area contributed by atoms with E-state index in [4.69, 9.17) is 4.99 Å². The molecule has 73 heavy (non-hydrogen) atoms. The molecule has 1 aliphatic rings. The summed E-state index contributed by atoms with van der Waals surface area (Å²) in [6.07, 6.45) is 0. The van der Waals surface area contributed by atoms with Gasteiger partial charge in [-0.15, -0.1) is 0 Å². The molecule has 0 saturated heterocycles. The third-order valence-electron chi connectivity index (χ3n) is 15.0. The molecule has 0 N–H and O–H groups in total. The van der Waals surface area contributed by atoms with Crippen LogP contribution in [0.25, 0.3) is 99.4 Å². The monoisotopic (exact) mass is 929 g/mol. The van der Waals surface area contributed by atoms with Crippen LogP contribution in [0.5, 0.6) is 0 Å². The van der Waals surface area contributed by atoms with Crippen molar-refractivity contribution in [1.29, 1.82) is 0 Å². The standard InChI is InChI=1S/C72H51N/c1-48-69(54-29-15-6-16-30-54)66-33-19-20-34-68(66)73-72(48)55-37-35-53(36-38-55)56-39-40-65-67(47-56)71(62-45-59(51-25-11-4-12-26-51)42-60(46-62)52-27-13-5-14-28-52)64-32-18-17-31-63(64)70(65)61-43-57(49-21-7-2-8-22-49)41-58(44-61)50-23-9-3-10-24-50/h2-48,69H,1H3. The van der Waals surface area contributed by atoms with Gasteiger partial charge in [0.25, 0.3) is 0 Å². The summed E-state index contributed by atoms with van der Waals surface area (Å²) in [5.41, 5.74) is 22.6. The fourth-order valence-electron chi connectivity index (χ4n) is 11.5. The summed E-state index contributed by atoms with van der Waals surface area (Å²) < 4.78 is 0. The van der Waals surface area contributed by atoms with E-state index in [0.29, 0.717) is 0 Å². The Labute approximate surface area is 428 Å². The quantitative estimate of drug-likeness (QED) is 0.128. The van der Waals surface area contributed by atoms with Crippen LogP contribution in [-0.2, 0) is 0 Å². The smallest absolute Gasteiger partial charge is 0.0671 e. The number of benzene rings is 12. The zero-order chi connectivity index (χ0) is 48.7. The van der Waals surface area contributed by atoms with Gasteiger partial charge in [-0.2, -0.15) is 0 Å². The Morgan fingerprint density at radius 3 is 1.11 bits per heavy atom. The normalized spacial score (nSPS) is 14.2. The molecule has 1 aliphatic heterocycles. The van der Waals surface area contributed by atoms with Crippen molar-refractivity contribution in [2.75, 3.05) is 0 Å². The van der Waals surface area contributed by atoms with Crippen molar-refractivity contribution in [1.82, 2.24) is 0 Å². The average Bonchev–Trinajstić information content (AvgIpc) is 3.47. The van der Waals surface area contributed by atoms with Crippen molar-refractivity contribution >= 4 is 32.9 Å². The van der Waals surface area contributed by atoms with Crippen LogP contribution in [0.3, 0.4) is 0 Å². The van der Waals surface area contributed by atoms with Crippen LogP contribution in [0, 0.1) is 5.92 Å². The van der Waals surface area contributed by atoms with Crippen LogP contribution in [-0.4, -0.2) is 5.71 Å². The van der Waals surface area contributed by atoms with Crippen LogP contribution in [0.15, 0.2) is 284 Å². The van der Waals surface area contributed by atoms with E-state index < -0.39 is 0 Å². The molecule has 2 atom stereocenters. The van der Waals surface area contributed by atoms with Gasteiger partial charge in [-0.3, -0.25) is 4.99 Å². The molecule has 1 heteroatoms. The van der Waals surface area contributed by atoms with Gasteiger partial charge in [-0.05, 0) is 165 Å². The maximum absolute atomic E-state index is 5.35. The highest BCUT2D eigenvalue weighted by Crippen LogP contribution is 2.48. The number of rotatable bonds is 9. The van der Waals surface area contributed by atoms with E-state index in [2.05, 4.69) is 286 Å². The Balaban J connectivity index is 1.04. The molecule has 2 unspecified atom stereocenters. The lowest BCUT2D eigenvalue weighted by Crippen LogP contribution is -2.24. The predicted octanol–water partition coefficient (Wildman–Crippen LogP) is 19.6. The SMILES string of the molecule is CC1C(c2ccc(-c3ccc4c(-c5cc(-c6ccccc6)cc(-c6ccccc6)c5)c5ccccc5c(-c5cc(-c6ccccc6)cc(-c6ccccc6)c5)c4c3)cc2)=Nc2ccccc2C1c1ccccc1. The maximum Gasteiger partial charge on any atom is 0.0671 e. The minimum atomic E-state index is 0.188. The van der Waals surface area contributed by atoms with E-state index in [-0.39, 0.29) is 11.8 Å². The molecule has 13 rings (SSSR count). The molecule has 0 radical (unpaired) electrons. The Morgan fingerprint density at radius 1 is 0.260 bits per heavy atom. The highest BCUT2D eigenvalue weighted by molar-refractivity contribution is 6.22. The van der Waals surface area contributed by atoms with Crippen molar-refractivity contribution in [2.45, 2.75) is 12.8 Å². The molecule has 0 aromatic heterocycles. The van der Waals surface area contributed by atoms with Crippen LogP contribution in [0.2, 0.25) is 0 Å². The van der Waals surface area contributed by atoms with Gasteiger partial charge >= 0.3 is 0 Å². The topological polar surface area (TPSA) is 12.4 Å². The number of fused-ring (bicyclic) bond motifs is 3. The summed E-state index contributed by atoms with van der Waals surface area (Å²) in [6.45, 7) is 2.33. The molecule has 1 heterocycles. The first kappa shape index (κ1) is 43.8. The van der Waals surface area contributed by atoms with Crippen molar-refractivity contribution in [2.24, 2.45) is 10.9 Å². The fourth-order valence-corrected chi connectivity index (χ4v) is 11.5. The number of aliphatic imine (C=N–C) groups is 1. The van der Waals surface area contributed by atoms with E-state index in [0.717, 1.165) is 28.1 Å². The maximum atomic E-state index is 5.35. The van der Waals surface area contributed by atoms with Gasteiger partial charge in [0.15, 0.2) is 0 Å². The van der Waals surface area contributed by atoms with E-state index in [9.17, 15) is 0 Å². The zero-order valence-electron chi connectivity index (χ0n) is 40.7. The van der Waals surface area contributed by atoms with Gasteiger partial charge in [-0.1, -0.05) is 237 Å². The van der Waals surface area contributed by atoms with Gasteiger partial charge in [-0.25, -0.2) is 0 Å². The van der Waals surface area contributed by atoms with Crippen molar-refractivity contribution < 1.29 is 0 Å². The number of nitrogens with zero attached hydrogens (tertiary/aromatic N) is 1. The van der Waals surface area contributed by atoms with Gasteiger partial charge in [0.1, 0.15) is 0 Å². The molecule has 12 aromatic carbocycles. The van der Waals surface area contributed by atoms with E-state index >= 15 is 0 Å². The fraction of sp³-hybridized carbons (Fsp3) is 0.0417. The third kappa shape index (κ3) is 8.25. The van der Waals surface area contributed by atoms with Crippen LogP contribution >= 0.6 is 0 Å². The first-order chi connectivity index (χ1) is 36.1. The molecule has 1 nitrogen and oxygen atoms in total. The second kappa shape index (κ2) is 18.9. The lowest BCUT2D eigenvalue weighted by molar-refractivity contribution is 0.650. The Morgan fingerprint density at radius 2 is 0.616 bits per heavy atom. The van der Waals surface area contributed by atoms with Crippen LogP contribution in [0.1, 0.15) is 29.5 Å². The van der Waals surface area contributed by atoms with E-state index in [1.807, 2.05) is 0 Å².